The van der Waals surface area contributed by atoms with Gasteiger partial charge in [-0.2, -0.15) is 0 Å². The lowest BCUT2D eigenvalue weighted by atomic mass is 9.97. The van der Waals surface area contributed by atoms with E-state index in [1.54, 1.807) is 6.07 Å². The van der Waals surface area contributed by atoms with Gasteiger partial charge in [0.05, 0.1) is 3.79 Å². The Morgan fingerprint density at radius 1 is 1.48 bits per heavy atom. The van der Waals surface area contributed by atoms with Crippen LogP contribution in [0, 0.1) is 12.8 Å². The lowest BCUT2D eigenvalue weighted by molar-refractivity contribution is -0.137. The molecule has 0 spiro atoms. The largest absolute Gasteiger partial charge is 0.481 e. The van der Waals surface area contributed by atoms with E-state index >= 15 is 0 Å². The second kappa shape index (κ2) is 8.26. The standard InChI is InChI=1S/C13H20BrNO4S2/c1-3-10(4-5-11(16)17)6-7-15-21(18,19)12-8-9(2)13(14)20-12/h8,10,15H,3-7H2,1-2H3,(H,16,17). The molecule has 0 fully saturated rings. The van der Waals surface area contributed by atoms with Crippen LogP contribution >= 0.6 is 27.3 Å². The van der Waals surface area contributed by atoms with Gasteiger partial charge >= 0.3 is 5.97 Å². The van der Waals surface area contributed by atoms with Crippen LogP contribution in [0.3, 0.4) is 0 Å². The predicted molar refractivity (Wildman–Crippen MR) is 87.2 cm³/mol. The minimum Gasteiger partial charge on any atom is -0.481 e. The number of carboxylic acids is 1. The first-order valence-electron chi connectivity index (χ1n) is 6.73. The van der Waals surface area contributed by atoms with E-state index in [0.29, 0.717) is 23.6 Å². The molecule has 0 aliphatic rings. The third kappa shape index (κ3) is 6.06. The molecule has 2 N–H and O–H groups in total. The number of hydrogen-bond donors (Lipinski definition) is 2. The lowest BCUT2D eigenvalue weighted by Crippen LogP contribution is -2.25. The Hall–Kier alpha value is -0.440. The summed E-state index contributed by atoms with van der Waals surface area (Å²) in [5.41, 5.74) is 0.897. The van der Waals surface area contributed by atoms with E-state index in [1.165, 1.54) is 11.3 Å². The number of aryl methyl sites for hydroxylation is 1. The van der Waals surface area contributed by atoms with Gasteiger partial charge in [0.2, 0.25) is 10.0 Å². The van der Waals surface area contributed by atoms with Crippen molar-refractivity contribution in [1.82, 2.24) is 4.72 Å². The van der Waals surface area contributed by atoms with Crippen molar-refractivity contribution in [2.45, 2.75) is 43.7 Å². The molecule has 21 heavy (non-hydrogen) atoms. The average molecular weight is 398 g/mol. The quantitative estimate of drug-likeness (QED) is 0.668. The molecule has 5 nitrogen and oxygen atoms in total. The summed E-state index contributed by atoms with van der Waals surface area (Å²) in [4.78, 5) is 10.6. The minimum atomic E-state index is -3.47. The van der Waals surface area contributed by atoms with Crippen LogP contribution in [0.25, 0.3) is 0 Å². The van der Waals surface area contributed by atoms with Gasteiger partial charge in [-0.05, 0) is 53.2 Å². The number of halogens is 1. The maximum atomic E-state index is 12.1. The highest BCUT2D eigenvalue weighted by atomic mass is 79.9. The second-order valence-electron chi connectivity index (χ2n) is 4.92. The van der Waals surface area contributed by atoms with Gasteiger partial charge in [-0.3, -0.25) is 4.79 Å². The van der Waals surface area contributed by atoms with Crippen LogP contribution in [0.1, 0.15) is 38.2 Å². The minimum absolute atomic E-state index is 0.127. The van der Waals surface area contributed by atoms with E-state index in [4.69, 9.17) is 5.11 Å². The molecule has 0 saturated heterocycles. The van der Waals surface area contributed by atoms with Gasteiger partial charge in [0.25, 0.3) is 0 Å². The summed E-state index contributed by atoms with van der Waals surface area (Å²) in [5.74, 6) is -0.589. The zero-order valence-corrected chi connectivity index (χ0v) is 15.3. The molecule has 1 unspecified atom stereocenters. The molecule has 8 heteroatoms. The average Bonchev–Trinajstić information content (AvgIpc) is 2.74. The summed E-state index contributed by atoms with van der Waals surface area (Å²) < 4.78 is 27.9. The van der Waals surface area contributed by atoms with Gasteiger partial charge in [-0.15, -0.1) is 11.3 Å². The monoisotopic (exact) mass is 397 g/mol. The summed E-state index contributed by atoms with van der Waals surface area (Å²) in [6, 6.07) is 1.64. The Labute approximate surface area is 137 Å². The molecule has 0 saturated carbocycles. The van der Waals surface area contributed by atoms with E-state index in [1.807, 2.05) is 13.8 Å². The van der Waals surface area contributed by atoms with E-state index < -0.39 is 16.0 Å². The maximum absolute atomic E-state index is 12.1. The van der Waals surface area contributed by atoms with Gasteiger partial charge in [0.15, 0.2) is 0 Å². The van der Waals surface area contributed by atoms with E-state index in [0.717, 1.165) is 15.8 Å². The van der Waals surface area contributed by atoms with Crippen molar-refractivity contribution in [1.29, 1.82) is 0 Å². The van der Waals surface area contributed by atoms with Crippen molar-refractivity contribution in [3.05, 3.63) is 15.4 Å². The van der Waals surface area contributed by atoms with Gasteiger partial charge in [-0.1, -0.05) is 13.3 Å². The molecule has 0 aliphatic heterocycles. The molecule has 0 aliphatic carbocycles. The van der Waals surface area contributed by atoms with Crippen LogP contribution in [-0.4, -0.2) is 26.0 Å². The molecule has 0 bridgehead atoms. The number of nitrogens with one attached hydrogen (secondary N) is 1. The number of sulfonamides is 1. The topological polar surface area (TPSA) is 83.5 Å². The molecular formula is C13H20BrNO4S2. The van der Waals surface area contributed by atoms with Crippen LogP contribution < -0.4 is 4.72 Å². The molecule has 0 aromatic carbocycles. The first kappa shape index (κ1) is 18.6. The third-order valence-corrected chi connectivity index (χ3v) is 7.36. The van der Waals surface area contributed by atoms with E-state index in [2.05, 4.69) is 20.7 Å². The summed E-state index contributed by atoms with van der Waals surface area (Å²) in [5, 5.41) is 8.67. The van der Waals surface area contributed by atoms with Crippen LogP contribution in [0.5, 0.6) is 0 Å². The Kier molecular flexibility index (Phi) is 7.32. The van der Waals surface area contributed by atoms with Gasteiger partial charge in [0, 0.05) is 13.0 Å². The first-order valence-corrected chi connectivity index (χ1v) is 9.83. The fourth-order valence-electron chi connectivity index (χ4n) is 1.91. The molecule has 0 radical (unpaired) electrons. The normalized spacial score (nSPS) is 13.3. The number of aliphatic carboxylic acids is 1. The zero-order valence-electron chi connectivity index (χ0n) is 12.1. The van der Waals surface area contributed by atoms with Crippen molar-refractivity contribution in [3.8, 4) is 0 Å². The van der Waals surface area contributed by atoms with Crippen LogP contribution in [0.4, 0.5) is 0 Å². The number of hydrogen-bond acceptors (Lipinski definition) is 4. The molecule has 0 amide bonds. The third-order valence-electron chi connectivity index (χ3n) is 3.29. The van der Waals surface area contributed by atoms with Gasteiger partial charge in [0.1, 0.15) is 4.21 Å². The summed E-state index contributed by atoms with van der Waals surface area (Å²) in [7, 11) is -3.47. The zero-order chi connectivity index (χ0) is 16.0. The second-order valence-corrected chi connectivity index (χ2v) is 9.28. The van der Waals surface area contributed by atoms with Crippen LogP contribution in [0.15, 0.2) is 14.1 Å². The van der Waals surface area contributed by atoms with Gasteiger partial charge < -0.3 is 5.11 Å². The number of thiophene rings is 1. The number of carbonyl (C=O) groups is 1. The summed E-state index contributed by atoms with van der Waals surface area (Å²) in [6.45, 7) is 4.16. The van der Waals surface area contributed by atoms with Crippen molar-refractivity contribution in [2.75, 3.05) is 6.54 Å². The van der Waals surface area contributed by atoms with Gasteiger partial charge in [-0.25, -0.2) is 13.1 Å². The summed E-state index contributed by atoms with van der Waals surface area (Å²) >= 11 is 4.50. The van der Waals surface area contributed by atoms with Crippen molar-refractivity contribution < 1.29 is 18.3 Å². The fraction of sp³-hybridized carbons (Fsp3) is 0.615. The molecule has 1 aromatic rings. The molecule has 1 atom stereocenters. The van der Waals surface area contributed by atoms with E-state index in [9.17, 15) is 13.2 Å². The first-order chi connectivity index (χ1) is 9.76. The molecular weight excluding hydrogens is 378 g/mol. The molecule has 1 rings (SSSR count). The Balaban J connectivity index is 2.51. The highest BCUT2D eigenvalue weighted by Crippen LogP contribution is 2.30. The van der Waals surface area contributed by atoms with Crippen molar-refractivity contribution in [2.24, 2.45) is 5.92 Å². The Bertz CT molecular complexity index is 563. The molecule has 1 heterocycles. The Morgan fingerprint density at radius 2 is 2.14 bits per heavy atom. The smallest absolute Gasteiger partial charge is 0.303 e. The Morgan fingerprint density at radius 3 is 2.62 bits per heavy atom. The fourth-order valence-corrected chi connectivity index (χ4v) is 5.23. The lowest BCUT2D eigenvalue weighted by Gasteiger charge is -2.13. The summed E-state index contributed by atoms with van der Waals surface area (Å²) in [6.07, 6.45) is 2.20. The van der Waals surface area contributed by atoms with Crippen LogP contribution in [-0.2, 0) is 14.8 Å². The molecule has 1 aromatic heterocycles. The number of rotatable bonds is 9. The molecule has 120 valence electrons. The highest BCUT2D eigenvalue weighted by Gasteiger charge is 2.18. The number of carboxylic acid groups (broad SMARTS) is 1. The SMILES string of the molecule is CCC(CCNS(=O)(=O)c1cc(C)c(Br)s1)CCC(=O)O. The maximum Gasteiger partial charge on any atom is 0.303 e. The van der Waals surface area contributed by atoms with Crippen LogP contribution in [0.2, 0.25) is 0 Å². The van der Waals surface area contributed by atoms with E-state index in [-0.39, 0.29) is 12.3 Å². The van der Waals surface area contributed by atoms with Crippen molar-refractivity contribution >= 4 is 43.3 Å². The van der Waals surface area contributed by atoms with Crippen molar-refractivity contribution in [3.63, 3.8) is 0 Å². The highest BCUT2D eigenvalue weighted by molar-refractivity contribution is 9.11. The predicted octanol–water partition coefficient (Wildman–Crippen LogP) is 3.38.